The van der Waals surface area contributed by atoms with Crippen LogP contribution in [-0.2, 0) is 6.42 Å². The predicted molar refractivity (Wildman–Crippen MR) is 57.5 cm³/mol. The maximum absolute atomic E-state index is 10.8. The van der Waals surface area contributed by atoms with E-state index in [1.165, 1.54) is 0 Å². The summed E-state index contributed by atoms with van der Waals surface area (Å²) in [7, 11) is 0. The highest BCUT2D eigenvalue weighted by Gasteiger charge is 2.26. The van der Waals surface area contributed by atoms with E-state index in [0.717, 1.165) is 0 Å². The highest BCUT2D eigenvalue weighted by Crippen LogP contribution is 2.24. The molecule has 2 heterocycles. The molecule has 0 fully saturated rings. The molecule has 0 bridgehead atoms. The van der Waals surface area contributed by atoms with Crippen LogP contribution in [-0.4, -0.2) is 27.1 Å². The van der Waals surface area contributed by atoms with Crippen molar-refractivity contribution in [3.8, 4) is 11.7 Å². The Balaban J connectivity index is 2.49. The minimum Gasteiger partial charge on any atom is -0.476 e. The minimum atomic E-state index is -1.49. The Bertz CT molecular complexity index is 577. The first-order valence-electron chi connectivity index (χ1n) is 5.09. The van der Waals surface area contributed by atoms with Crippen LogP contribution in [0.5, 0.6) is 0 Å². The molecule has 7 nitrogen and oxygen atoms in total. The molecule has 2 aromatic rings. The van der Waals surface area contributed by atoms with E-state index >= 15 is 0 Å². The van der Waals surface area contributed by atoms with Crippen molar-refractivity contribution in [2.45, 2.75) is 13.3 Å². The van der Waals surface area contributed by atoms with Gasteiger partial charge >= 0.3 is 11.9 Å². The molecule has 0 aromatic carbocycles. The SMILES string of the molecule is CCc1ccc(-c2nc(C(=O)O)c(C(=O)O)o2)o1. The zero-order chi connectivity index (χ0) is 13.3. The molecule has 18 heavy (non-hydrogen) atoms. The number of hydrogen-bond acceptors (Lipinski definition) is 5. The van der Waals surface area contributed by atoms with Crippen molar-refractivity contribution in [1.29, 1.82) is 0 Å². The number of carboxylic acid groups (broad SMARTS) is 2. The van der Waals surface area contributed by atoms with Gasteiger partial charge in [-0.2, -0.15) is 4.98 Å². The van der Waals surface area contributed by atoms with Crippen LogP contribution in [0, 0.1) is 0 Å². The average molecular weight is 251 g/mol. The highest BCUT2D eigenvalue weighted by atomic mass is 16.4. The van der Waals surface area contributed by atoms with Gasteiger partial charge in [-0.15, -0.1) is 0 Å². The van der Waals surface area contributed by atoms with Gasteiger partial charge in [-0.25, -0.2) is 9.59 Å². The minimum absolute atomic E-state index is 0.162. The summed E-state index contributed by atoms with van der Waals surface area (Å²) in [5.41, 5.74) is -0.646. The summed E-state index contributed by atoms with van der Waals surface area (Å²) < 4.78 is 10.2. The first-order valence-corrected chi connectivity index (χ1v) is 5.09. The number of aromatic nitrogens is 1. The van der Waals surface area contributed by atoms with Crippen molar-refractivity contribution < 1.29 is 28.6 Å². The van der Waals surface area contributed by atoms with E-state index in [-0.39, 0.29) is 11.7 Å². The Labute approximate surface area is 101 Å². The Morgan fingerprint density at radius 3 is 2.39 bits per heavy atom. The molecular formula is C11H9NO6. The number of carbonyl (C=O) groups is 2. The van der Waals surface area contributed by atoms with Crippen LogP contribution < -0.4 is 0 Å². The molecule has 0 aliphatic carbocycles. The molecule has 2 rings (SSSR count). The summed E-state index contributed by atoms with van der Waals surface area (Å²) in [4.78, 5) is 25.2. The van der Waals surface area contributed by atoms with E-state index in [1.54, 1.807) is 12.1 Å². The average Bonchev–Trinajstić information content (AvgIpc) is 2.95. The number of aromatic carboxylic acids is 2. The van der Waals surface area contributed by atoms with E-state index in [9.17, 15) is 9.59 Å². The maximum atomic E-state index is 10.8. The molecule has 94 valence electrons. The molecule has 2 aromatic heterocycles. The lowest BCUT2D eigenvalue weighted by molar-refractivity contribution is 0.0624. The second kappa shape index (κ2) is 4.36. The van der Waals surface area contributed by atoms with Crippen molar-refractivity contribution in [2.75, 3.05) is 0 Å². The molecular weight excluding hydrogens is 242 g/mol. The van der Waals surface area contributed by atoms with Gasteiger partial charge in [0, 0.05) is 6.42 Å². The zero-order valence-electron chi connectivity index (χ0n) is 9.34. The van der Waals surface area contributed by atoms with Crippen molar-refractivity contribution in [3.05, 3.63) is 29.3 Å². The van der Waals surface area contributed by atoms with Crippen LogP contribution in [0.15, 0.2) is 21.0 Å². The summed E-state index contributed by atoms with van der Waals surface area (Å²) in [6, 6.07) is 3.22. The fourth-order valence-corrected chi connectivity index (χ4v) is 1.40. The first kappa shape index (κ1) is 11.9. The van der Waals surface area contributed by atoms with E-state index < -0.39 is 23.4 Å². The molecule has 0 unspecified atom stereocenters. The molecule has 0 saturated carbocycles. The Morgan fingerprint density at radius 1 is 1.22 bits per heavy atom. The number of furan rings is 1. The van der Waals surface area contributed by atoms with Crippen LogP contribution in [0.25, 0.3) is 11.7 Å². The second-order valence-electron chi connectivity index (χ2n) is 3.43. The highest BCUT2D eigenvalue weighted by molar-refractivity contribution is 5.98. The molecule has 0 radical (unpaired) electrons. The van der Waals surface area contributed by atoms with Gasteiger partial charge in [-0.3, -0.25) is 0 Å². The quantitative estimate of drug-likeness (QED) is 0.852. The van der Waals surface area contributed by atoms with Crippen molar-refractivity contribution >= 4 is 11.9 Å². The lowest BCUT2D eigenvalue weighted by Crippen LogP contribution is -2.05. The second-order valence-corrected chi connectivity index (χ2v) is 3.43. The third kappa shape index (κ3) is 1.97. The van der Waals surface area contributed by atoms with Crippen molar-refractivity contribution in [1.82, 2.24) is 4.98 Å². The van der Waals surface area contributed by atoms with Crippen molar-refractivity contribution in [3.63, 3.8) is 0 Å². The van der Waals surface area contributed by atoms with Gasteiger partial charge in [0.25, 0.3) is 5.89 Å². The Morgan fingerprint density at radius 2 is 1.94 bits per heavy atom. The van der Waals surface area contributed by atoms with Gasteiger partial charge in [-0.1, -0.05) is 6.92 Å². The molecule has 2 N–H and O–H groups in total. The third-order valence-electron chi connectivity index (χ3n) is 2.24. The van der Waals surface area contributed by atoms with Gasteiger partial charge in [0.2, 0.25) is 11.5 Å². The summed E-state index contributed by atoms with van der Waals surface area (Å²) in [5.74, 6) is -2.98. The molecule has 0 spiro atoms. The van der Waals surface area contributed by atoms with Crippen LogP contribution in [0.4, 0.5) is 0 Å². The van der Waals surface area contributed by atoms with Crippen molar-refractivity contribution in [2.24, 2.45) is 0 Å². The van der Waals surface area contributed by atoms with Gasteiger partial charge in [0.1, 0.15) is 5.76 Å². The van der Waals surface area contributed by atoms with Crippen LogP contribution in [0.2, 0.25) is 0 Å². The lowest BCUT2D eigenvalue weighted by atomic mass is 10.3. The molecule has 0 aliphatic heterocycles. The summed E-state index contributed by atoms with van der Waals surface area (Å²) in [5, 5.41) is 17.6. The summed E-state index contributed by atoms with van der Waals surface area (Å²) in [6.45, 7) is 1.88. The number of carboxylic acids is 2. The number of oxazole rings is 1. The summed E-state index contributed by atoms with van der Waals surface area (Å²) in [6.07, 6.45) is 0.651. The fourth-order valence-electron chi connectivity index (χ4n) is 1.40. The molecule has 0 amide bonds. The molecule has 0 atom stereocenters. The maximum Gasteiger partial charge on any atom is 0.374 e. The molecule has 0 saturated heterocycles. The monoisotopic (exact) mass is 251 g/mol. The van der Waals surface area contributed by atoms with E-state index in [4.69, 9.17) is 19.0 Å². The predicted octanol–water partition coefficient (Wildman–Crippen LogP) is 1.89. The number of rotatable bonds is 4. The Kier molecular flexibility index (Phi) is 2.88. The van der Waals surface area contributed by atoms with Crippen LogP contribution in [0.3, 0.4) is 0 Å². The van der Waals surface area contributed by atoms with Gasteiger partial charge < -0.3 is 19.0 Å². The largest absolute Gasteiger partial charge is 0.476 e. The van der Waals surface area contributed by atoms with E-state index in [0.29, 0.717) is 12.2 Å². The third-order valence-corrected chi connectivity index (χ3v) is 2.24. The summed E-state index contributed by atoms with van der Waals surface area (Å²) >= 11 is 0. The standard InChI is InChI=1S/C11H9NO6/c1-2-5-3-4-6(17-5)9-12-7(10(13)14)8(18-9)11(15)16/h3-4H,2H2,1H3,(H,13,14)(H,15,16). The number of aryl methyl sites for hydroxylation is 1. The lowest BCUT2D eigenvalue weighted by Gasteiger charge is -1.89. The first-order chi connectivity index (χ1) is 8.52. The van der Waals surface area contributed by atoms with Crippen LogP contribution in [0.1, 0.15) is 33.7 Å². The normalized spacial score (nSPS) is 10.5. The molecule has 0 aliphatic rings. The smallest absolute Gasteiger partial charge is 0.374 e. The molecule has 7 heteroatoms. The van der Waals surface area contributed by atoms with E-state index in [2.05, 4.69) is 4.98 Å². The topological polar surface area (TPSA) is 114 Å². The van der Waals surface area contributed by atoms with Gasteiger partial charge in [0.15, 0.2) is 5.76 Å². The van der Waals surface area contributed by atoms with Crippen LogP contribution >= 0.6 is 0 Å². The zero-order valence-corrected chi connectivity index (χ0v) is 9.34. The van der Waals surface area contributed by atoms with E-state index in [1.807, 2.05) is 6.92 Å². The van der Waals surface area contributed by atoms with Gasteiger partial charge in [-0.05, 0) is 12.1 Å². The number of nitrogens with zero attached hydrogens (tertiary/aromatic N) is 1. The Hall–Kier alpha value is -2.57. The number of hydrogen-bond donors (Lipinski definition) is 2. The van der Waals surface area contributed by atoms with Gasteiger partial charge in [0.05, 0.1) is 0 Å². The fraction of sp³-hybridized carbons (Fsp3) is 0.182.